The van der Waals surface area contributed by atoms with Gasteiger partial charge in [0.15, 0.2) is 0 Å². The van der Waals surface area contributed by atoms with E-state index in [2.05, 4.69) is 64.2 Å². The van der Waals surface area contributed by atoms with Gasteiger partial charge in [-0.3, -0.25) is 0 Å². The molecule has 0 aromatic carbocycles. The van der Waals surface area contributed by atoms with Crippen molar-refractivity contribution in [2.75, 3.05) is 14.2 Å². The van der Waals surface area contributed by atoms with Crippen molar-refractivity contribution < 1.29 is 33.4 Å². The van der Waals surface area contributed by atoms with E-state index in [4.69, 9.17) is 10.2 Å². The van der Waals surface area contributed by atoms with Gasteiger partial charge in [-0.15, -0.1) is 0 Å². The molecule has 0 aromatic heterocycles. The van der Waals surface area contributed by atoms with Crippen LogP contribution in [0.3, 0.4) is 0 Å². The van der Waals surface area contributed by atoms with Gasteiger partial charge in [-0.05, 0) is 0 Å². The Morgan fingerprint density at radius 1 is 0.760 bits per heavy atom. The summed E-state index contributed by atoms with van der Waals surface area (Å²) in [4.78, 5) is 0. The van der Waals surface area contributed by atoms with Crippen molar-refractivity contribution in [2.24, 2.45) is 0 Å². The van der Waals surface area contributed by atoms with Crippen LogP contribution in [0.1, 0.15) is 66.2 Å². The largest absolute Gasteiger partial charge is 0.857 e. The molecule has 0 N–H and O–H groups in total. The topological polar surface area (TPSA) is 46.1 Å². The van der Waals surface area contributed by atoms with Crippen molar-refractivity contribution in [3.05, 3.63) is 47.6 Å². The maximum Gasteiger partial charge on any atom is -0.153 e. The summed E-state index contributed by atoms with van der Waals surface area (Å²) in [6, 6.07) is 0. The molecule has 0 saturated carbocycles. The molecule has 0 heterocycles. The minimum Gasteiger partial charge on any atom is -0.857 e. The normalized spacial score (nSPS) is 26.1. The fourth-order valence-electron chi connectivity index (χ4n) is 3.33. The van der Waals surface area contributed by atoms with Gasteiger partial charge in [0.25, 0.3) is 0 Å². The average molecular weight is 424 g/mol. The number of unbranched alkanes of at least 4 members (excludes halogenated alkanes) is 2. The molecule has 2 rings (SSSR count). The summed E-state index contributed by atoms with van der Waals surface area (Å²) in [6.45, 7) is 9.49. The van der Waals surface area contributed by atoms with Gasteiger partial charge in [-0.2, -0.15) is 14.2 Å². The third kappa shape index (κ3) is 8.80. The molecule has 2 aliphatic carbocycles. The molecular weight excluding hydrogens is 387 g/mol. The third-order valence-electron chi connectivity index (χ3n) is 4.43. The van der Waals surface area contributed by atoms with Crippen LogP contribution in [0.4, 0.5) is 0 Å². The van der Waals surface area contributed by atoms with E-state index in [1.54, 1.807) is 11.1 Å². The van der Waals surface area contributed by atoms with Crippen LogP contribution in [0.2, 0.25) is 6.25 Å². The summed E-state index contributed by atoms with van der Waals surface area (Å²) < 4.78 is 0.810. The molecule has 25 heavy (non-hydrogen) atoms. The van der Waals surface area contributed by atoms with Crippen LogP contribution in [0.5, 0.6) is 0 Å². The molecule has 140 valence electrons. The fourth-order valence-corrected chi connectivity index (χ4v) is 8.27. The number of rotatable bonds is 8. The van der Waals surface area contributed by atoms with Crippen molar-refractivity contribution >= 4 is 0 Å². The Morgan fingerprint density at radius 3 is 1.44 bits per heavy atom. The first-order valence-corrected chi connectivity index (χ1v) is 11.9. The fraction of sp³-hybridized carbons (Fsp3) is 0.636. The Bertz CT molecular complexity index is 446. The Hall–Kier alpha value is -0.237. The number of allylic oxidation sites excluding steroid dienone is 8. The number of hydrogen-bond donors (Lipinski definition) is 0. The van der Waals surface area contributed by atoms with Crippen molar-refractivity contribution in [1.82, 2.24) is 0 Å². The second-order valence-electron chi connectivity index (χ2n) is 7.00. The van der Waals surface area contributed by atoms with Gasteiger partial charge in [0.2, 0.25) is 0 Å². The predicted octanol–water partition coefficient (Wildman–Crippen LogP) is 4.75. The molecule has 0 bridgehead atoms. The minimum absolute atomic E-state index is 0.405. The second kappa shape index (κ2) is 13.0. The van der Waals surface area contributed by atoms with Crippen LogP contribution >= 0.6 is 0 Å². The summed E-state index contributed by atoms with van der Waals surface area (Å²) in [6.07, 6.45) is 22.8. The van der Waals surface area contributed by atoms with Crippen LogP contribution in [0.25, 0.3) is 0 Å². The maximum absolute atomic E-state index is 8.25. The smallest absolute Gasteiger partial charge is 0.153 e. The Kier molecular flexibility index (Phi) is 12.9. The van der Waals surface area contributed by atoms with E-state index in [0.717, 1.165) is 14.2 Å². The second-order valence-corrected chi connectivity index (χ2v) is 12.9. The Labute approximate surface area is 167 Å². The molecule has 0 spiro atoms. The number of hydrogen-bond acceptors (Lipinski definition) is 2. The zero-order chi connectivity index (χ0) is 19.3. The summed E-state index contributed by atoms with van der Waals surface area (Å²) in [5, 5.41) is 16.5. The molecular formula is C22H36O2Zr. The van der Waals surface area contributed by atoms with Gasteiger partial charge in [0.05, 0.1) is 0 Å². The summed E-state index contributed by atoms with van der Waals surface area (Å²) in [5.74, 6) is 0. The van der Waals surface area contributed by atoms with E-state index >= 15 is 0 Å². The predicted molar refractivity (Wildman–Crippen MR) is 102 cm³/mol. The van der Waals surface area contributed by atoms with E-state index in [-0.39, 0.29) is 0 Å². The van der Waals surface area contributed by atoms with Gasteiger partial charge in [-0.1, -0.05) is 0 Å². The van der Waals surface area contributed by atoms with Crippen molar-refractivity contribution in [3.63, 3.8) is 0 Å². The molecule has 0 fully saturated rings. The SMILES string of the molecule is CCCCC1=C[C](C)([Zr+2][C]2(C)C=CC(CCCC)=C2)C=C1.C[O-].C[O-]. The summed E-state index contributed by atoms with van der Waals surface area (Å²) in [7, 11) is 1.50. The Morgan fingerprint density at radius 2 is 1.12 bits per heavy atom. The molecule has 2 atom stereocenters. The maximum atomic E-state index is 8.25. The van der Waals surface area contributed by atoms with Gasteiger partial charge in [-0.25, -0.2) is 0 Å². The van der Waals surface area contributed by atoms with Crippen molar-refractivity contribution in [1.29, 1.82) is 0 Å². The molecule has 3 heteroatoms. The zero-order valence-corrected chi connectivity index (χ0v) is 19.5. The average Bonchev–Trinajstić information content (AvgIpc) is 3.17. The molecule has 0 aliphatic heterocycles. The monoisotopic (exact) mass is 422 g/mol. The van der Waals surface area contributed by atoms with Crippen LogP contribution < -0.4 is 10.2 Å². The van der Waals surface area contributed by atoms with E-state index in [1.165, 1.54) is 38.5 Å². The van der Waals surface area contributed by atoms with Crippen LogP contribution in [0.15, 0.2) is 47.6 Å². The van der Waals surface area contributed by atoms with E-state index in [0.29, 0.717) is 6.25 Å². The van der Waals surface area contributed by atoms with E-state index in [9.17, 15) is 0 Å². The van der Waals surface area contributed by atoms with Crippen molar-refractivity contribution in [3.8, 4) is 0 Å². The molecule has 2 aliphatic rings. The molecule has 0 radical (unpaired) electrons. The van der Waals surface area contributed by atoms with Gasteiger partial charge in [0.1, 0.15) is 0 Å². The van der Waals surface area contributed by atoms with Gasteiger partial charge in [0, 0.05) is 0 Å². The van der Waals surface area contributed by atoms with E-state index < -0.39 is 23.2 Å². The first-order valence-electron chi connectivity index (χ1n) is 9.41. The van der Waals surface area contributed by atoms with Gasteiger partial charge < -0.3 is 10.2 Å². The quantitative estimate of drug-likeness (QED) is 0.565. The van der Waals surface area contributed by atoms with Crippen molar-refractivity contribution in [2.45, 2.75) is 72.5 Å². The first-order chi connectivity index (χ1) is 12.0. The molecule has 2 nitrogen and oxygen atoms in total. The van der Waals surface area contributed by atoms with Crippen LogP contribution in [-0.2, 0) is 23.2 Å². The first kappa shape index (κ1) is 24.8. The zero-order valence-electron chi connectivity index (χ0n) is 17.0. The molecule has 0 aromatic rings. The molecule has 2 unspecified atom stereocenters. The van der Waals surface area contributed by atoms with E-state index in [1.807, 2.05) is 0 Å². The van der Waals surface area contributed by atoms with Crippen LogP contribution in [-0.4, -0.2) is 14.2 Å². The third-order valence-corrected chi connectivity index (χ3v) is 8.61. The standard InChI is InChI=1S/2C10H15.2CH3O.Zr/c2*1-3-4-5-10-7-6-9(2)8-10;2*1-2;/h2*6-8H,3-5H2,1-2H3;2*1H3;/q;;2*-1;+2. The summed E-state index contributed by atoms with van der Waals surface area (Å²) >= 11 is -0.592. The van der Waals surface area contributed by atoms with Crippen LogP contribution in [0, 0.1) is 0 Å². The minimum atomic E-state index is -0.592. The van der Waals surface area contributed by atoms with Gasteiger partial charge >= 0.3 is 143 Å². The summed E-state index contributed by atoms with van der Waals surface area (Å²) in [5.41, 5.74) is 3.17. The Balaban J connectivity index is 0.00000134. The molecule has 0 saturated heterocycles. The molecule has 0 amide bonds.